The third kappa shape index (κ3) is 3.46. The van der Waals surface area contributed by atoms with Crippen LogP contribution >= 0.6 is 0 Å². The molecule has 1 aliphatic rings. The Labute approximate surface area is 113 Å². The number of nitrogens with one attached hydrogen (secondary N) is 1. The van der Waals surface area contributed by atoms with E-state index in [1.807, 2.05) is 0 Å². The van der Waals surface area contributed by atoms with Crippen LogP contribution in [-0.4, -0.2) is 29.6 Å². The van der Waals surface area contributed by atoms with Crippen LogP contribution in [0, 0.1) is 5.92 Å². The molecule has 0 heterocycles. The first-order valence-corrected chi connectivity index (χ1v) is 7.89. The van der Waals surface area contributed by atoms with Gasteiger partial charge in [-0.3, -0.25) is 16.2 Å². The summed E-state index contributed by atoms with van der Waals surface area (Å²) >= 11 is 0. The predicted molar refractivity (Wildman–Crippen MR) is 79.3 cm³/mol. The second-order valence-corrected chi connectivity index (χ2v) is 5.72. The Hall–Kier alpha value is -0.120. The summed E-state index contributed by atoms with van der Waals surface area (Å²) in [5, 5.41) is 0. The summed E-state index contributed by atoms with van der Waals surface area (Å²) in [4.78, 5) is 2.60. The van der Waals surface area contributed by atoms with Gasteiger partial charge in [0.25, 0.3) is 0 Å². The van der Waals surface area contributed by atoms with Crippen LogP contribution in [0.3, 0.4) is 0 Å². The van der Waals surface area contributed by atoms with Crippen LogP contribution in [0.1, 0.15) is 66.2 Å². The van der Waals surface area contributed by atoms with Crippen molar-refractivity contribution in [2.24, 2.45) is 11.8 Å². The Morgan fingerprint density at radius 2 is 1.72 bits per heavy atom. The molecule has 1 aliphatic carbocycles. The van der Waals surface area contributed by atoms with Gasteiger partial charge in [-0.15, -0.1) is 0 Å². The van der Waals surface area contributed by atoms with E-state index in [-0.39, 0.29) is 5.54 Å². The molecule has 3 N–H and O–H groups in total. The maximum atomic E-state index is 5.89. The van der Waals surface area contributed by atoms with Crippen LogP contribution in [0.2, 0.25) is 0 Å². The first-order chi connectivity index (χ1) is 8.68. The van der Waals surface area contributed by atoms with Crippen molar-refractivity contribution in [3.63, 3.8) is 0 Å². The molecule has 108 valence electrons. The fourth-order valence-electron chi connectivity index (χ4n) is 3.58. The largest absolute Gasteiger partial charge is 0.297 e. The summed E-state index contributed by atoms with van der Waals surface area (Å²) in [5.74, 6) is 6.88. The number of hydrogen-bond acceptors (Lipinski definition) is 3. The highest BCUT2D eigenvalue weighted by atomic mass is 15.3. The van der Waals surface area contributed by atoms with E-state index in [1.54, 1.807) is 0 Å². The van der Waals surface area contributed by atoms with Crippen LogP contribution in [-0.2, 0) is 0 Å². The SMILES string of the molecule is CCN(CC)C(CC)(CC)C(CCC1CC1)NN. The smallest absolute Gasteiger partial charge is 0.0394 e. The monoisotopic (exact) mass is 255 g/mol. The topological polar surface area (TPSA) is 41.3 Å². The van der Waals surface area contributed by atoms with E-state index in [4.69, 9.17) is 5.84 Å². The quantitative estimate of drug-likeness (QED) is 0.466. The Kier molecular flexibility index (Phi) is 6.61. The van der Waals surface area contributed by atoms with Gasteiger partial charge in [0.15, 0.2) is 0 Å². The Balaban J connectivity index is 2.75. The fourth-order valence-corrected chi connectivity index (χ4v) is 3.58. The second kappa shape index (κ2) is 7.46. The third-order valence-corrected chi connectivity index (χ3v) is 5.03. The van der Waals surface area contributed by atoms with Gasteiger partial charge < -0.3 is 0 Å². The van der Waals surface area contributed by atoms with Crippen LogP contribution < -0.4 is 11.3 Å². The minimum atomic E-state index is 0.229. The van der Waals surface area contributed by atoms with E-state index in [9.17, 15) is 0 Å². The average Bonchev–Trinajstić information content (AvgIpc) is 3.22. The standard InChI is InChI=1S/C15H33N3/c1-5-15(6-2,18(7-3)8-4)14(17-16)12-11-13-9-10-13/h13-14,17H,5-12,16H2,1-4H3. The number of nitrogens with zero attached hydrogens (tertiary/aromatic N) is 1. The fraction of sp³-hybridized carbons (Fsp3) is 1.00. The van der Waals surface area contributed by atoms with E-state index in [0.717, 1.165) is 19.0 Å². The van der Waals surface area contributed by atoms with Crippen LogP contribution in [0.4, 0.5) is 0 Å². The summed E-state index contributed by atoms with van der Waals surface area (Å²) in [6, 6.07) is 0.424. The Bertz CT molecular complexity index is 218. The molecule has 0 saturated heterocycles. The lowest BCUT2D eigenvalue weighted by molar-refractivity contribution is 0.0448. The maximum absolute atomic E-state index is 5.89. The molecule has 0 aromatic carbocycles. The summed E-state index contributed by atoms with van der Waals surface area (Å²) in [5.41, 5.74) is 3.36. The molecule has 1 rings (SSSR count). The van der Waals surface area contributed by atoms with Crippen molar-refractivity contribution >= 4 is 0 Å². The van der Waals surface area contributed by atoms with Gasteiger partial charge in [0.2, 0.25) is 0 Å². The zero-order valence-corrected chi connectivity index (χ0v) is 12.8. The molecule has 0 spiro atoms. The van der Waals surface area contributed by atoms with Gasteiger partial charge in [0.05, 0.1) is 0 Å². The highest BCUT2D eigenvalue weighted by molar-refractivity contribution is 4.98. The number of rotatable bonds is 10. The lowest BCUT2D eigenvalue weighted by Crippen LogP contribution is -2.62. The predicted octanol–water partition coefficient (Wildman–Crippen LogP) is 2.91. The lowest BCUT2D eigenvalue weighted by atomic mass is 9.80. The molecule has 0 bridgehead atoms. The van der Waals surface area contributed by atoms with Crippen molar-refractivity contribution in [3.05, 3.63) is 0 Å². The molecule has 0 aromatic heterocycles. The first-order valence-electron chi connectivity index (χ1n) is 7.89. The number of hydrogen-bond donors (Lipinski definition) is 2. The molecule has 1 fully saturated rings. The molecule has 3 heteroatoms. The third-order valence-electron chi connectivity index (χ3n) is 5.03. The minimum absolute atomic E-state index is 0.229. The highest BCUT2D eigenvalue weighted by Gasteiger charge is 2.39. The average molecular weight is 255 g/mol. The van der Waals surface area contributed by atoms with Crippen LogP contribution in [0.25, 0.3) is 0 Å². The molecular weight excluding hydrogens is 222 g/mol. The highest BCUT2D eigenvalue weighted by Crippen LogP contribution is 2.37. The van der Waals surface area contributed by atoms with E-state index in [0.29, 0.717) is 6.04 Å². The van der Waals surface area contributed by atoms with E-state index in [1.165, 1.54) is 38.5 Å². The van der Waals surface area contributed by atoms with Gasteiger partial charge in [0, 0.05) is 11.6 Å². The van der Waals surface area contributed by atoms with E-state index >= 15 is 0 Å². The summed E-state index contributed by atoms with van der Waals surface area (Å²) in [7, 11) is 0. The molecule has 0 radical (unpaired) electrons. The molecule has 3 nitrogen and oxygen atoms in total. The van der Waals surface area contributed by atoms with E-state index < -0.39 is 0 Å². The van der Waals surface area contributed by atoms with Gasteiger partial charge >= 0.3 is 0 Å². The van der Waals surface area contributed by atoms with Gasteiger partial charge in [0.1, 0.15) is 0 Å². The van der Waals surface area contributed by atoms with Crippen molar-refractivity contribution in [2.45, 2.75) is 77.8 Å². The van der Waals surface area contributed by atoms with Gasteiger partial charge in [-0.05, 0) is 44.7 Å². The maximum Gasteiger partial charge on any atom is 0.0394 e. The summed E-state index contributed by atoms with van der Waals surface area (Å²) < 4.78 is 0. The van der Waals surface area contributed by atoms with Crippen LogP contribution in [0.15, 0.2) is 0 Å². The van der Waals surface area contributed by atoms with E-state index in [2.05, 4.69) is 38.0 Å². The van der Waals surface area contributed by atoms with Crippen molar-refractivity contribution in [2.75, 3.05) is 13.1 Å². The van der Waals surface area contributed by atoms with Crippen molar-refractivity contribution < 1.29 is 0 Å². The number of likely N-dealkylation sites (N-methyl/N-ethyl adjacent to an activating group) is 1. The zero-order chi connectivity index (χ0) is 13.6. The summed E-state index contributed by atoms with van der Waals surface area (Å²) in [6.07, 6.45) is 7.79. The minimum Gasteiger partial charge on any atom is -0.297 e. The number of nitrogens with two attached hydrogens (primary N) is 1. The van der Waals surface area contributed by atoms with Gasteiger partial charge in [-0.25, -0.2) is 0 Å². The van der Waals surface area contributed by atoms with Gasteiger partial charge in [-0.2, -0.15) is 0 Å². The van der Waals surface area contributed by atoms with Crippen molar-refractivity contribution in [1.29, 1.82) is 0 Å². The Morgan fingerprint density at radius 1 is 1.17 bits per heavy atom. The molecule has 0 aromatic rings. The Morgan fingerprint density at radius 3 is 2.06 bits per heavy atom. The molecule has 1 atom stereocenters. The van der Waals surface area contributed by atoms with Crippen molar-refractivity contribution in [1.82, 2.24) is 10.3 Å². The molecule has 0 amide bonds. The second-order valence-electron chi connectivity index (χ2n) is 5.72. The first kappa shape index (κ1) is 15.9. The lowest BCUT2D eigenvalue weighted by Gasteiger charge is -2.48. The normalized spacial score (nSPS) is 18.3. The van der Waals surface area contributed by atoms with Gasteiger partial charge in [-0.1, -0.05) is 40.5 Å². The molecule has 0 aliphatic heterocycles. The number of hydrazine groups is 1. The van der Waals surface area contributed by atoms with Crippen LogP contribution in [0.5, 0.6) is 0 Å². The molecule has 1 saturated carbocycles. The zero-order valence-electron chi connectivity index (χ0n) is 12.8. The summed E-state index contributed by atoms with van der Waals surface area (Å²) in [6.45, 7) is 11.4. The van der Waals surface area contributed by atoms with Crippen molar-refractivity contribution in [3.8, 4) is 0 Å². The molecule has 1 unspecified atom stereocenters. The molecule has 18 heavy (non-hydrogen) atoms. The molecular formula is C15H33N3.